The molecule has 9 heteroatoms. The minimum Gasteiger partial charge on any atom is -0.465 e. The van der Waals surface area contributed by atoms with E-state index in [2.05, 4.69) is 10.2 Å². The van der Waals surface area contributed by atoms with Crippen molar-refractivity contribution in [3.05, 3.63) is 23.7 Å². The molecular weight excluding hydrogens is 497 g/mol. The predicted molar refractivity (Wildman–Crippen MR) is 131 cm³/mol. The van der Waals surface area contributed by atoms with E-state index in [1.165, 1.54) is 0 Å². The van der Waals surface area contributed by atoms with Gasteiger partial charge in [-0.3, -0.25) is 14.7 Å². The number of halogens is 1. The van der Waals surface area contributed by atoms with E-state index in [1.807, 2.05) is 56.7 Å². The highest BCUT2D eigenvalue weighted by Crippen LogP contribution is 2.24. The largest absolute Gasteiger partial charge is 0.465 e. The van der Waals surface area contributed by atoms with E-state index >= 15 is 0 Å². The molecule has 30 heavy (non-hydrogen) atoms. The lowest BCUT2D eigenvalue weighted by molar-refractivity contribution is -0.131. The molecule has 2 heterocycles. The summed E-state index contributed by atoms with van der Waals surface area (Å²) >= 11 is 0. The van der Waals surface area contributed by atoms with Gasteiger partial charge in [0.05, 0.1) is 32.3 Å². The minimum atomic E-state index is 0. The Morgan fingerprint density at radius 1 is 1.23 bits per heavy atom. The molecule has 1 saturated heterocycles. The van der Waals surface area contributed by atoms with Crippen molar-refractivity contribution in [3.8, 4) is 0 Å². The van der Waals surface area contributed by atoms with Crippen molar-refractivity contribution in [3.63, 3.8) is 0 Å². The quantitative estimate of drug-likeness (QED) is 0.298. The maximum absolute atomic E-state index is 12.5. The lowest BCUT2D eigenvalue weighted by Crippen LogP contribution is -2.46. The molecule has 0 bridgehead atoms. The SMILES string of the molecule is CCNC(=NCC(c1ccc(C)o1)N1CCOCC1)N(C)CC(=O)N(CC)CC.I. The Hall–Kier alpha value is -1.33. The topological polar surface area (TPSA) is 73.5 Å². The second-order valence-corrected chi connectivity index (χ2v) is 7.23. The van der Waals surface area contributed by atoms with Crippen LogP contribution in [-0.4, -0.2) is 92.6 Å². The van der Waals surface area contributed by atoms with E-state index < -0.39 is 0 Å². The number of hydrogen-bond donors (Lipinski definition) is 1. The van der Waals surface area contributed by atoms with Gasteiger partial charge < -0.3 is 24.3 Å². The smallest absolute Gasteiger partial charge is 0.242 e. The number of nitrogens with zero attached hydrogens (tertiary/aromatic N) is 4. The molecule has 1 aliphatic heterocycles. The zero-order valence-corrected chi connectivity index (χ0v) is 21.3. The van der Waals surface area contributed by atoms with Gasteiger partial charge in [0.15, 0.2) is 5.96 Å². The predicted octanol–water partition coefficient (Wildman–Crippen LogP) is 2.35. The Kier molecular flexibility index (Phi) is 12.3. The Bertz CT molecular complexity index is 657. The number of carbonyl (C=O) groups is 1. The first-order valence-electron chi connectivity index (χ1n) is 10.6. The second kappa shape index (κ2) is 13.9. The van der Waals surface area contributed by atoms with E-state index in [-0.39, 0.29) is 35.9 Å². The van der Waals surface area contributed by atoms with Crippen molar-refractivity contribution in [1.82, 2.24) is 20.0 Å². The number of ether oxygens (including phenoxy) is 1. The summed E-state index contributed by atoms with van der Waals surface area (Å²) in [6.07, 6.45) is 0. The highest BCUT2D eigenvalue weighted by Gasteiger charge is 2.25. The third-order valence-electron chi connectivity index (χ3n) is 5.18. The molecule has 1 aliphatic rings. The van der Waals surface area contributed by atoms with Gasteiger partial charge in [-0.2, -0.15) is 0 Å². The number of hydrogen-bond acceptors (Lipinski definition) is 5. The fraction of sp³-hybridized carbons (Fsp3) is 0.714. The molecule has 1 fully saturated rings. The molecule has 0 radical (unpaired) electrons. The van der Waals surface area contributed by atoms with Gasteiger partial charge in [0.1, 0.15) is 11.5 Å². The van der Waals surface area contributed by atoms with Crippen LogP contribution in [0.1, 0.15) is 38.3 Å². The first kappa shape index (κ1) is 26.7. The van der Waals surface area contributed by atoms with Crippen molar-refractivity contribution < 1.29 is 13.9 Å². The number of carbonyl (C=O) groups excluding carboxylic acids is 1. The lowest BCUT2D eigenvalue weighted by atomic mass is 10.1. The summed E-state index contributed by atoms with van der Waals surface area (Å²) in [6.45, 7) is 14.2. The summed E-state index contributed by atoms with van der Waals surface area (Å²) in [7, 11) is 1.91. The fourth-order valence-corrected chi connectivity index (χ4v) is 3.50. The van der Waals surface area contributed by atoms with E-state index in [4.69, 9.17) is 14.1 Å². The summed E-state index contributed by atoms with van der Waals surface area (Å²) in [5.41, 5.74) is 0. The Balaban J connectivity index is 0.00000450. The summed E-state index contributed by atoms with van der Waals surface area (Å²) in [6, 6.07) is 4.08. The lowest BCUT2D eigenvalue weighted by Gasteiger charge is -2.33. The van der Waals surface area contributed by atoms with Crippen molar-refractivity contribution in [2.75, 3.05) is 66.1 Å². The number of guanidine groups is 1. The number of morpholine rings is 1. The Morgan fingerprint density at radius 2 is 1.90 bits per heavy atom. The van der Waals surface area contributed by atoms with Crippen LogP contribution >= 0.6 is 24.0 Å². The Labute approximate surface area is 198 Å². The van der Waals surface area contributed by atoms with E-state index in [9.17, 15) is 4.79 Å². The number of amides is 1. The highest BCUT2D eigenvalue weighted by molar-refractivity contribution is 14.0. The zero-order chi connectivity index (χ0) is 21.2. The van der Waals surface area contributed by atoms with Gasteiger partial charge in [-0.1, -0.05) is 0 Å². The van der Waals surface area contributed by atoms with Crippen LogP contribution in [0.15, 0.2) is 21.5 Å². The zero-order valence-electron chi connectivity index (χ0n) is 19.0. The van der Waals surface area contributed by atoms with Gasteiger partial charge in [0.2, 0.25) is 5.91 Å². The fourth-order valence-electron chi connectivity index (χ4n) is 3.50. The number of nitrogens with one attached hydrogen (secondary N) is 1. The van der Waals surface area contributed by atoms with Crippen LogP contribution in [0.25, 0.3) is 0 Å². The summed E-state index contributed by atoms with van der Waals surface area (Å²) < 4.78 is 11.4. The summed E-state index contributed by atoms with van der Waals surface area (Å²) in [5.74, 6) is 2.66. The van der Waals surface area contributed by atoms with Crippen LogP contribution < -0.4 is 5.32 Å². The van der Waals surface area contributed by atoms with Crippen molar-refractivity contribution in [2.24, 2.45) is 4.99 Å². The van der Waals surface area contributed by atoms with E-state index in [0.29, 0.717) is 26.2 Å². The first-order valence-corrected chi connectivity index (χ1v) is 10.6. The molecule has 1 aromatic heterocycles. The number of aryl methyl sites for hydroxylation is 1. The standard InChI is InChI=1S/C21H37N5O3.HI/c1-6-22-21(24(5)16-20(27)25(7-2)8-3)23-15-18(19-10-9-17(4)29-19)26-11-13-28-14-12-26;/h9-10,18H,6-8,11-16H2,1-5H3,(H,22,23);1H. The molecule has 0 aromatic carbocycles. The number of likely N-dealkylation sites (N-methyl/N-ethyl adjacent to an activating group) is 2. The van der Waals surface area contributed by atoms with E-state index in [1.54, 1.807) is 0 Å². The van der Waals surface area contributed by atoms with Crippen molar-refractivity contribution in [1.29, 1.82) is 0 Å². The van der Waals surface area contributed by atoms with Gasteiger partial charge in [-0.15, -0.1) is 24.0 Å². The number of furan rings is 1. The molecule has 172 valence electrons. The van der Waals surface area contributed by atoms with Gasteiger partial charge in [0, 0.05) is 39.8 Å². The monoisotopic (exact) mass is 535 g/mol. The van der Waals surface area contributed by atoms with Gasteiger partial charge in [-0.05, 0) is 39.8 Å². The highest BCUT2D eigenvalue weighted by atomic mass is 127. The maximum Gasteiger partial charge on any atom is 0.242 e. The van der Waals surface area contributed by atoms with Crippen LogP contribution in [0.4, 0.5) is 0 Å². The average molecular weight is 535 g/mol. The normalized spacial score (nSPS) is 16.0. The minimum absolute atomic E-state index is 0. The molecule has 1 atom stereocenters. The van der Waals surface area contributed by atoms with Gasteiger partial charge in [0.25, 0.3) is 0 Å². The van der Waals surface area contributed by atoms with E-state index in [0.717, 1.165) is 50.3 Å². The molecule has 1 N–H and O–H groups in total. The Morgan fingerprint density at radius 3 is 2.43 bits per heavy atom. The van der Waals surface area contributed by atoms with Crippen LogP contribution in [0.2, 0.25) is 0 Å². The molecule has 0 aliphatic carbocycles. The molecule has 0 saturated carbocycles. The number of rotatable bonds is 9. The first-order chi connectivity index (χ1) is 14.0. The molecule has 2 rings (SSSR count). The summed E-state index contributed by atoms with van der Waals surface area (Å²) in [5, 5.41) is 3.31. The molecule has 1 amide bonds. The number of aliphatic imine (C=N–C) groups is 1. The van der Waals surface area contributed by atoms with Crippen LogP contribution in [0.5, 0.6) is 0 Å². The van der Waals surface area contributed by atoms with Gasteiger partial charge in [-0.25, -0.2) is 0 Å². The summed E-state index contributed by atoms with van der Waals surface area (Å²) in [4.78, 5) is 23.4. The van der Waals surface area contributed by atoms with Crippen LogP contribution in [0, 0.1) is 6.92 Å². The van der Waals surface area contributed by atoms with Crippen molar-refractivity contribution >= 4 is 35.8 Å². The average Bonchev–Trinajstić information content (AvgIpc) is 3.15. The molecular formula is C21H38IN5O3. The molecule has 1 aromatic rings. The third kappa shape index (κ3) is 7.73. The second-order valence-electron chi connectivity index (χ2n) is 7.23. The third-order valence-corrected chi connectivity index (χ3v) is 5.18. The maximum atomic E-state index is 12.5. The van der Waals surface area contributed by atoms with Crippen molar-refractivity contribution in [2.45, 2.75) is 33.7 Å². The molecule has 1 unspecified atom stereocenters. The van der Waals surface area contributed by atoms with Crippen LogP contribution in [0.3, 0.4) is 0 Å². The van der Waals surface area contributed by atoms with Gasteiger partial charge >= 0.3 is 0 Å². The molecule has 0 spiro atoms. The van der Waals surface area contributed by atoms with Crippen LogP contribution in [-0.2, 0) is 9.53 Å². The molecule has 8 nitrogen and oxygen atoms in total.